The first-order valence-corrected chi connectivity index (χ1v) is 7.61. The molecule has 0 amide bonds. The van der Waals surface area contributed by atoms with E-state index >= 15 is 0 Å². The lowest BCUT2D eigenvalue weighted by Crippen LogP contribution is -2.39. The second-order valence-corrected chi connectivity index (χ2v) is 7.59. The summed E-state index contributed by atoms with van der Waals surface area (Å²) in [4.78, 5) is 0. The minimum atomic E-state index is -3.36. The van der Waals surface area contributed by atoms with Crippen LogP contribution in [0.1, 0.15) is 26.2 Å². The quantitative estimate of drug-likeness (QED) is 0.867. The predicted molar refractivity (Wildman–Crippen MR) is 65.9 cm³/mol. The lowest BCUT2D eigenvalue weighted by atomic mass is 9.71. The predicted octanol–water partition coefficient (Wildman–Crippen LogP) is 1.80. The number of hydrogen-bond acceptors (Lipinski definition) is 4. The van der Waals surface area contributed by atoms with Crippen LogP contribution in [-0.4, -0.2) is 15.0 Å². The van der Waals surface area contributed by atoms with Gasteiger partial charge in [0.25, 0.3) is 0 Å². The van der Waals surface area contributed by atoms with Gasteiger partial charge >= 0.3 is 0 Å². The van der Waals surface area contributed by atoms with E-state index in [1.807, 2.05) is 0 Å². The van der Waals surface area contributed by atoms with Gasteiger partial charge in [0.2, 0.25) is 10.0 Å². The van der Waals surface area contributed by atoms with E-state index in [2.05, 4.69) is 11.6 Å². The van der Waals surface area contributed by atoms with Crippen LogP contribution in [0, 0.1) is 5.41 Å². The van der Waals surface area contributed by atoms with Crippen LogP contribution in [0.4, 0.5) is 5.69 Å². The highest BCUT2D eigenvalue weighted by atomic mass is 32.2. The standard InChI is InChI=1S/C10H16N2O2S2/c1-10(3-2-4-10)7-12-16(13,14)9-5-8(11)6-15-9/h5-6,12H,2-4,7,11H2,1H3. The summed E-state index contributed by atoms with van der Waals surface area (Å²) < 4.78 is 26.7. The maximum absolute atomic E-state index is 11.9. The molecule has 16 heavy (non-hydrogen) atoms. The van der Waals surface area contributed by atoms with Gasteiger partial charge in [-0.15, -0.1) is 11.3 Å². The highest BCUT2D eigenvalue weighted by Crippen LogP contribution is 2.39. The van der Waals surface area contributed by atoms with Gasteiger partial charge < -0.3 is 5.73 Å². The number of nitrogens with two attached hydrogens (primary N) is 1. The van der Waals surface area contributed by atoms with Crippen molar-refractivity contribution in [2.45, 2.75) is 30.4 Å². The number of sulfonamides is 1. The molecule has 0 aliphatic heterocycles. The number of nitrogens with one attached hydrogen (secondary N) is 1. The fourth-order valence-electron chi connectivity index (χ4n) is 1.77. The van der Waals surface area contributed by atoms with Crippen molar-refractivity contribution in [1.82, 2.24) is 4.72 Å². The Morgan fingerprint density at radius 2 is 2.25 bits per heavy atom. The summed E-state index contributed by atoms with van der Waals surface area (Å²) in [5.74, 6) is 0. The molecular formula is C10H16N2O2S2. The molecule has 1 fully saturated rings. The van der Waals surface area contributed by atoms with Crippen molar-refractivity contribution in [2.75, 3.05) is 12.3 Å². The topological polar surface area (TPSA) is 72.2 Å². The van der Waals surface area contributed by atoms with E-state index in [-0.39, 0.29) is 5.41 Å². The van der Waals surface area contributed by atoms with Crippen molar-refractivity contribution in [3.05, 3.63) is 11.4 Å². The first kappa shape index (κ1) is 11.9. The molecule has 0 saturated heterocycles. The molecule has 4 nitrogen and oxygen atoms in total. The molecule has 0 atom stereocenters. The molecule has 1 saturated carbocycles. The molecule has 3 N–H and O–H groups in total. The van der Waals surface area contributed by atoms with Gasteiger partial charge in [-0.05, 0) is 24.3 Å². The minimum Gasteiger partial charge on any atom is -0.398 e. The smallest absolute Gasteiger partial charge is 0.250 e. The number of thiophene rings is 1. The maximum atomic E-state index is 11.9. The summed E-state index contributed by atoms with van der Waals surface area (Å²) in [6.07, 6.45) is 3.40. The fourth-order valence-corrected chi connectivity index (χ4v) is 4.09. The van der Waals surface area contributed by atoms with Crippen molar-refractivity contribution in [1.29, 1.82) is 0 Å². The molecule has 0 spiro atoms. The zero-order valence-electron chi connectivity index (χ0n) is 9.19. The van der Waals surface area contributed by atoms with Crippen LogP contribution in [0.15, 0.2) is 15.7 Å². The molecule has 90 valence electrons. The zero-order chi connectivity index (χ0) is 11.8. The van der Waals surface area contributed by atoms with Crippen molar-refractivity contribution in [3.63, 3.8) is 0 Å². The first-order valence-electron chi connectivity index (χ1n) is 5.25. The van der Waals surface area contributed by atoms with Gasteiger partial charge in [-0.2, -0.15) is 0 Å². The lowest BCUT2D eigenvalue weighted by molar-refractivity contribution is 0.166. The third-order valence-corrected chi connectivity index (χ3v) is 5.97. The second-order valence-electron chi connectivity index (χ2n) is 4.69. The second kappa shape index (κ2) is 4.01. The Bertz CT molecular complexity index is 475. The third kappa shape index (κ3) is 2.39. The van der Waals surface area contributed by atoms with E-state index in [0.29, 0.717) is 16.4 Å². The van der Waals surface area contributed by atoms with Gasteiger partial charge in [-0.25, -0.2) is 13.1 Å². The van der Waals surface area contributed by atoms with Gasteiger partial charge in [0.1, 0.15) is 4.21 Å². The highest BCUT2D eigenvalue weighted by Gasteiger charge is 2.33. The average Bonchev–Trinajstić information content (AvgIpc) is 2.60. The summed E-state index contributed by atoms with van der Waals surface area (Å²) >= 11 is 1.16. The van der Waals surface area contributed by atoms with Crippen molar-refractivity contribution < 1.29 is 8.42 Å². The molecule has 1 aliphatic rings. The Labute approximate surface area is 99.9 Å². The van der Waals surface area contributed by atoms with Gasteiger partial charge in [0, 0.05) is 17.6 Å². The molecule has 0 unspecified atom stereocenters. The Kier molecular flexibility index (Phi) is 2.98. The molecule has 1 heterocycles. The number of hydrogen-bond donors (Lipinski definition) is 2. The average molecular weight is 260 g/mol. The molecule has 6 heteroatoms. The van der Waals surface area contributed by atoms with Gasteiger partial charge in [0.05, 0.1) is 0 Å². The summed E-state index contributed by atoms with van der Waals surface area (Å²) in [7, 11) is -3.36. The normalized spacial score (nSPS) is 19.3. The monoisotopic (exact) mass is 260 g/mol. The Morgan fingerprint density at radius 3 is 2.69 bits per heavy atom. The van der Waals surface area contributed by atoms with E-state index in [1.165, 1.54) is 12.5 Å². The lowest BCUT2D eigenvalue weighted by Gasteiger charge is -2.38. The van der Waals surface area contributed by atoms with Crippen LogP contribution >= 0.6 is 11.3 Å². The van der Waals surface area contributed by atoms with E-state index in [4.69, 9.17) is 5.73 Å². The molecule has 1 aromatic rings. The minimum absolute atomic E-state index is 0.149. The molecule has 0 aromatic carbocycles. The van der Waals surface area contributed by atoms with Crippen LogP contribution in [0.25, 0.3) is 0 Å². The zero-order valence-corrected chi connectivity index (χ0v) is 10.8. The van der Waals surface area contributed by atoms with E-state index in [9.17, 15) is 8.42 Å². The number of anilines is 1. The van der Waals surface area contributed by atoms with Gasteiger partial charge in [-0.1, -0.05) is 13.3 Å². The summed E-state index contributed by atoms with van der Waals surface area (Å²) in [6, 6.07) is 1.50. The molecular weight excluding hydrogens is 244 g/mol. The summed E-state index contributed by atoms with van der Waals surface area (Å²) in [5.41, 5.74) is 6.16. The van der Waals surface area contributed by atoms with Crippen LogP contribution in [0.5, 0.6) is 0 Å². The largest absolute Gasteiger partial charge is 0.398 e. The Morgan fingerprint density at radius 1 is 1.56 bits per heavy atom. The van der Waals surface area contributed by atoms with Crippen LogP contribution < -0.4 is 10.5 Å². The maximum Gasteiger partial charge on any atom is 0.250 e. The first-order chi connectivity index (χ1) is 7.41. The number of rotatable bonds is 4. The van der Waals surface area contributed by atoms with E-state index in [1.54, 1.807) is 5.38 Å². The van der Waals surface area contributed by atoms with Crippen LogP contribution in [0.2, 0.25) is 0 Å². The Hall–Kier alpha value is -0.590. The number of nitrogen functional groups attached to an aromatic ring is 1. The molecule has 1 aliphatic carbocycles. The Balaban J connectivity index is 2.03. The molecule has 1 aromatic heterocycles. The van der Waals surface area contributed by atoms with Crippen LogP contribution in [-0.2, 0) is 10.0 Å². The molecule has 0 radical (unpaired) electrons. The SMILES string of the molecule is CC1(CNS(=O)(=O)c2cc(N)cs2)CCC1. The molecule has 2 rings (SSSR count). The van der Waals surface area contributed by atoms with Crippen molar-refractivity contribution >= 4 is 27.0 Å². The van der Waals surface area contributed by atoms with E-state index in [0.717, 1.165) is 24.2 Å². The summed E-state index contributed by atoms with van der Waals surface area (Å²) in [5, 5.41) is 1.64. The van der Waals surface area contributed by atoms with Crippen LogP contribution in [0.3, 0.4) is 0 Å². The van der Waals surface area contributed by atoms with Gasteiger partial charge in [0.15, 0.2) is 0 Å². The van der Waals surface area contributed by atoms with Gasteiger partial charge in [-0.3, -0.25) is 0 Å². The molecule has 0 bridgehead atoms. The summed E-state index contributed by atoms with van der Waals surface area (Å²) in [6.45, 7) is 2.63. The van der Waals surface area contributed by atoms with E-state index < -0.39 is 10.0 Å². The third-order valence-electron chi connectivity index (χ3n) is 3.11. The van der Waals surface area contributed by atoms with Crippen molar-refractivity contribution in [3.8, 4) is 0 Å². The van der Waals surface area contributed by atoms with Crippen molar-refractivity contribution in [2.24, 2.45) is 5.41 Å². The highest BCUT2D eigenvalue weighted by molar-refractivity contribution is 7.91. The fraction of sp³-hybridized carbons (Fsp3) is 0.600.